The molecule has 3 heteroatoms. The second-order valence-electron chi connectivity index (χ2n) is 4.37. The Labute approximate surface area is 104 Å². The van der Waals surface area contributed by atoms with E-state index in [-0.39, 0.29) is 5.78 Å². The van der Waals surface area contributed by atoms with Crippen LogP contribution in [0.5, 0.6) is 0 Å². The van der Waals surface area contributed by atoms with Crippen molar-refractivity contribution >= 4 is 17.2 Å². The minimum Gasteiger partial charge on any atom is -0.398 e. The van der Waals surface area contributed by atoms with Crippen molar-refractivity contribution in [2.75, 3.05) is 17.2 Å². The number of Topliss-reactive ketones (excluding diaryl/α,β-unsaturated/α-hetero) is 1. The lowest BCUT2D eigenvalue weighted by atomic mass is 10.1. The van der Waals surface area contributed by atoms with Crippen LogP contribution in [-0.2, 0) is 0 Å². The van der Waals surface area contributed by atoms with E-state index in [1.54, 1.807) is 6.92 Å². The van der Waals surface area contributed by atoms with Crippen LogP contribution in [0.25, 0.3) is 0 Å². The van der Waals surface area contributed by atoms with E-state index in [0.29, 0.717) is 17.3 Å². The van der Waals surface area contributed by atoms with Gasteiger partial charge >= 0.3 is 0 Å². The highest BCUT2D eigenvalue weighted by molar-refractivity contribution is 6.00. The average molecular weight is 234 g/mol. The third-order valence-electron chi connectivity index (χ3n) is 3.21. The first-order valence-corrected chi connectivity index (χ1v) is 6.18. The highest BCUT2D eigenvalue weighted by atomic mass is 16.1. The summed E-state index contributed by atoms with van der Waals surface area (Å²) in [6.45, 7) is 8.95. The molecule has 1 aromatic carbocycles. The fourth-order valence-corrected chi connectivity index (χ4v) is 2.00. The van der Waals surface area contributed by atoms with Crippen molar-refractivity contribution in [3.05, 3.63) is 23.8 Å². The number of nitrogen functional groups attached to an aromatic ring is 1. The number of hydrogen-bond acceptors (Lipinski definition) is 3. The number of carbonyl (C=O) groups is 1. The average Bonchev–Trinajstić information content (AvgIpc) is 2.31. The number of benzene rings is 1. The summed E-state index contributed by atoms with van der Waals surface area (Å²) < 4.78 is 0. The van der Waals surface area contributed by atoms with Crippen molar-refractivity contribution in [3.8, 4) is 0 Å². The van der Waals surface area contributed by atoms with Crippen LogP contribution in [0.3, 0.4) is 0 Å². The minimum absolute atomic E-state index is 0.0181. The van der Waals surface area contributed by atoms with Gasteiger partial charge in [-0.15, -0.1) is 0 Å². The standard InChI is InChI=1S/C14H22N2O/c1-5-10(3)16(6-2)12-7-8-14(15)13(9-12)11(4)17/h7-10H,5-6,15H2,1-4H3. The van der Waals surface area contributed by atoms with Gasteiger partial charge in [0, 0.05) is 29.5 Å². The van der Waals surface area contributed by atoms with E-state index in [9.17, 15) is 4.79 Å². The van der Waals surface area contributed by atoms with Crippen LogP contribution < -0.4 is 10.6 Å². The number of nitrogens with two attached hydrogens (primary N) is 1. The highest BCUT2D eigenvalue weighted by Gasteiger charge is 2.13. The van der Waals surface area contributed by atoms with Gasteiger partial charge in [0.05, 0.1) is 0 Å². The van der Waals surface area contributed by atoms with Crippen molar-refractivity contribution < 1.29 is 4.79 Å². The fourth-order valence-electron chi connectivity index (χ4n) is 2.00. The Morgan fingerprint density at radius 2 is 2.06 bits per heavy atom. The number of rotatable bonds is 5. The summed E-state index contributed by atoms with van der Waals surface area (Å²) in [5.74, 6) is 0.0181. The summed E-state index contributed by atoms with van der Waals surface area (Å²) in [4.78, 5) is 13.8. The van der Waals surface area contributed by atoms with Crippen LogP contribution in [0.4, 0.5) is 11.4 Å². The van der Waals surface area contributed by atoms with Crippen LogP contribution in [0, 0.1) is 0 Å². The third-order valence-corrected chi connectivity index (χ3v) is 3.21. The summed E-state index contributed by atoms with van der Waals surface area (Å²) in [6, 6.07) is 6.16. The van der Waals surface area contributed by atoms with Crippen molar-refractivity contribution in [3.63, 3.8) is 0 Å². The van der Waals surface area contributed by atoms with Crippen LogP contribution in [-0.4, -0.2) is 18.4 Å². The molecule has 3 nitrogen and oxygen atoms in total. The summed E-state index contributed by atoms with van der Waals surface area (Å²) in [7, 11) is 0. The minimum atomic E-state index is 0.0181. The predicted molar refractivity (Wildman–Crippen MR) is 73.6 cm³/mol. The van der Waals surface area contributed by atoms with Gasteiger partial charge < -0.3 is 10.6 Å². The van der Waals surface area contributed by atoms with Crippen molar-refractivity contribution in [2.24, 2.45) is 0 Å². The van der Waals surface area contributed by atoms with Crippen molar-refractivity contribution in [2.45, 2.75) is 40.2 Å². The Hall–Kier alpha value is -1.51. The summed E-state index contributed by atoms with van der Waals surface area (Å²) in [5.41, 5.74) is 8.04. The largest absolute Gasteiger partial charge is 0.398 e. The van der Waals surface area contributed by atoms with Gasteiger partial charge in [0.2, 0.25) is 0 Å². The SMILES string of the molecule is CCC(C)N(CC)c1ccc(N)c(C(C)=O)c1. The monoisotopic (exact) mass is 234 g/mol. The maximum absolute atomic E-state index is 11.5. The van der Waals surface area contributed by atoms with E-state index >= 15 is 0 Å². The predicted octanol–water partition coefficient (Wildman–Crippen LogP) is 3.10. The van der Waals surface area contributed by atoms with E-state index in [4.69, 9.17) is 5.73 Å². The topological polar surface area (TPSA) is 46.3 Å². The molecule has 0 saturated heterocycles. The first-order chi connectivity index (χ1) is 8.01. The van der Waals surface area contributed by atoms with Gasteiger partial charge in [0.15, 0.2) is 5.78 Å². The third kappa shape index (κ3) is 2.99. The summed E-state index contributed by atoms with van der Waals surface area (Å²) in [6.07, 6.45) is 1.08. The maximum Gasteiger partial charge on any atom is 0.161 e. The molecule has 17 heavy (non-hydrogen) atoms. The smallest absolute Gasteiger partial charge is 0.161 e. The van der Waals surface area contributed by atoms with E-state index in [1.807, 2.05) is 18.2 Å². The molecule has 0 radical (unpaired) electrons. The summed E-state index contributed by atoms with van der Waals surface area (Å²) >= 11 is 0. The van der Waals surface area contributed by atoms with Gasteiger partial charge in [-0.25, -0.2) is 0 Å². The van der Waals surface area contributed by atoms with Gasteiger partial charge in [0.25, 0.3) is 0 Å². The lowest BCUT2D eigenvalue weighted by Gasteiger charge is -2.30. The number of nitrogens with zero attached hydrogens (tertiary/aromatic N) is 1. The normalized spacial score (nSPS) is 12.2. The molecule has 0 aromatic heterocycles. The molecule has 1 aromatic rings. The number of carbonyl (C=O) groups excluding carboxylic acids is 1. The Bertz CT molecular complexity index is 401. The van der Waals surface area contributed by atoms with Crippen LogP contribution in [0.2, 0.25) is 0 Å². The molecule has 0 fully saturated rings. The quantitative estimate of drug-likeness (QED) is 0.629. The Morgan fingerprint density at radius 1 is 1.41 bits per heavy atom. The fraction of sp³-hybridized carbons (Fsp3) is 0.500. The zero-order chi connectivity index (χ0) is 13.0. The molecule has 1 rings (SSSR count). The molecular formula is C14H22N2O. The van der Waals surface area contributed by atoms with Gasteiger partial charge in [-0.3, -0.25) is 4.79 Å². The zero-order valence-electron chi connectivity index (χ0n) is 11.2. The summed E-state index contributed by atoms with van der Waals surface area (Å²) in [5, 5.41) is 0. The molecule has 1 atom stereocenters. The molecule has 0 amide bonds. The van der Waals surface area contributed by atoms with E-state index in [2.05, 4.69) is 25.7 Å². The highest BCUT2D eigenvalue weighted by Crippen LogP contribution is 2.24. The second kappa shape index (κ2) is 5.71. The van der Waals surface area contributed by atoms with Crippen LogP contribution in [0.1, 0.15) is 44.5 Å². The Morgan fingerprint density at radius 3 is 2.53 bits per heavy atom. The number of hydrogen-bond donors (Lipinski definition) is 1. The first kappa shape index (κ1) is 13.6. The van der Waals surface area contributed by atoms with E-state index in [0.717, 1.165) is 18.7 Å². The Balaban J connectivity index is 3.13. The van der Waals surface area contributed by atoms with Crippen LogP contribution >= 0.6 is 0 Å². The van der Waals surface area contributed by atoms with E-state index in [1.165, 1.54) is 0 Å². The molecule has 0 aliphatic carbocycles. The molecule has 1 unspecified atom stereocenters. The van der Waals surface area contributed by atoms with E-state index < -0.39 is 0 Å². The van der Waals surface area contributed by atoms with Gasteiger partial charge in [-0.1, -0.05) is 6.92 Å². The molecule has 0 spiro atoms. The molecule has 94 valence electrons. The lowest BCUT2D eigenvalue weighted by Crippen LogP contribution is -2.32. The van der Waals surface area contributed by atoms with Gasteiger partial charge in [-0.2, -0.15) is 0 Å². The van der Waals surface area contributed by atoms with Crippen molar-refractivity contribution in [1.29, 1.82) is 0 Å². The second-order valence-corrected chi connectivity index (χ2v) is 4.37. The molecule has 2 N–H and O–H groups in total. The first-order valence-electron chi connectivity index (χ1n) is 6.18. The van der Waals surface area contributed by atoms with Crippen molar-refractivity contribution in [1.82, 2.24) is 0 Å². The zero-order valence-corrected chi connectivity index (χ0v) is 11.2. The number of anilines is 2. The number of ketones is 1. The molecule has 0 aliphatic heterocycles. The molecular weight excluding hydrogens is 212 g/mol. The lowest BCUT2D eigenvalue weighted by molar-refractivity contribution is 0.101. The molecule has 0 bridgehead atoms. The van der Waals surface area contributed by atoms with Gasteiger partial charge in [-0.05, 0) is 45.4 Å². The Kier molecular flexibility index (Phi) is 4.55. The molecule has 0 heterocycles. The molecule has 0 saturated carbocycles. The van der Waals surface area contributed by atoms with Crippen LogP contribution in [0.15, 0.2) is 18.2 Å². The van der Waals surface area contributed by atoms with Gasteiger partial charge in [0.1, 0.15) is 0 Å². The molecule has 0 aliphatic rings. The maximum atomic E-state index is 11.5.